The van der Waals surface area contributed by atoms with Crippen molar-refractivity contribution in [3.05, 3.63) is 59.1 Å². The minimum Gasteiger partial charge on any atom is -0.497 e. The average Bonchev–Trinajstić information content (AvgIpc) is 3.03. The number of piperidine rings is 2. The number of hydrogen-bond donors (Lipinski definition) is 2. The standard InChI is InChI=1S/C33H45ClN4O4/c1-42-30-13-11-28(12-14-30)38(27-5-3-2-4-6-27)29-17-21-36(22-18-29)32(39)31(23-24-7-9-25(34)10-8-24)35-26-15-19-37(20-16-26)33(40)41/h7-14,26-27,29,31,35H,2-6,15-23H2,1H3,(H,40,41)/t31-/m1/s1. The second-order valence-electron chi connectivity index (χ2n) is 12.0. The van der Waals surface area contributed by atoms with Gasteiger partial charge < -0.3 is 29.9 Å². The third kappa shape index (κ3) is 7.70. The molecule has 3 fully saturated rings. The quantitative estimate of drug-likeness (QED) is 0.379. The maximum absolute atomic E-state index is 14.0. The summed E-state index contributed by atoms with van der Waals surface area (Å²) in [4.78, 5) is 31.6. The Morgan fingerprint density at radius 1 is 0.881 bits per heavy atom. The number of anilines is 1. The van der Waals surface area contributed by atoms with E-state index in [-0.39, 0.29) is 18.0 Å². The van der Waals surface area contributed by atoms with Crippen molar-refractivity contribution in [3.8, 4) is 5.75 Å². The van der Waals surface area contributed by atoms with Gasteiger partial charge in [0.25, 0.3) is 0 Å². The topological polar surface area (TPSA) is 85.4 Å². The Labute approximate surface area is 254 Å². The molecule has 8 nitrogen and oxygen atoms in total. The van der Waals surface area contributed by atoms with E-state index in [0.717, 1.165) is 37.2 Å². The third-order valence-corrected chi connectivity index (χ3v) is 9.61. The average molecular weight is 597 g/mol. The number of hydrogen-bond acceptors (Lipinski definition) is 5. The van der Waals surface area contributed by atoms with Gasteiger partial charge in [0, 0.05) is 55.0 Å². The largest absolute Gasteiger partial charge is 0.497 e. The highest BCUT2D eigenvalue weighted by Crippen LogP contribution is 2.33. The molecule has 3 aliphatic rings. The van der Waals surface area contributed by atoms with E-state index in [1.807, 2.05) is 29.2 Å². The lowest BCUT2D eigenvalue weighted by atomic mass is 9.90. The molecule has 9 heteroatoms. The molecular weight excluding hydrogens is 552 g/mol. The number of nitrogens with one attached hydrogen (secondary N) is 1. The van der Waals surface area contributed by atoms with Crippen LogP contribution in [0.25, 0.3) is 0 Å². The third-order valence-electron chi connectivity index (χ3n) is 9.36. The molecule has 0 spiro atoms. The molecule has 2 aromatic rings. The second-order valence-corrected chi connectivity index (χ2v) is 12.5. The van der Waals surface area contributed by atoms with Crippen molar-refractivity contribution in [1.29, 1.82) is 0 Å². The summed E-state index contributed by atoms with van der Waals surface area (Å²) in [6.45, 7) is 2.45. The first-order chi connectivity index (χ1) is 20.4. The second kappa shape index (κ2) is 14.5. The van der Waals surface area contributed by atoms with Gasteiger partial charge in [0.2, 0.25) is 5.91 Å². The van der Waals surface area contributed by atoms with Crippen LogP contribution in [0.1, 0.15) is 63.4 Å². The molecule has 5 rings (SSSR count). The molecule has 228 valence electrons. The van der Waals surface area contributed by atoms with E-state index in [9.17, 15) is 14.7 Å². The minimum absolute atomic E-state index is 0.108. The molecule has 0 unspecified atom stereocenters. The van der Waals surface area contributed by atoms with Crippen molar-refractivity contribution in [1.82, 2.24) is 15.1 Å². The molecule has 0 aromatic heterocycles. The number of amides is 2. The van der Waals surface area contributed by atoms with Crippen molar-refractivity contribution in [3.63, 3.8) is 0 Å². The summed E-state index contributed by atoms with van der Waals surface area (Å²) in [5.74, 6) is 1.01. The monoisotopic (exact) mass is 596 g/mol. The number of carboxylic acid groups (broad SMARTS) is 1. The summed E-state index contributed by atoms with van der Waals surface area (Å²) in [5.41, 5.74) is 2.31. The number of halogens is 1. The Kier molecular flexibility index (Phi) is 10.5. The van der Waals surface area contributed by atoms with Crippen LogP contribution in [-0.4, -0.2) is 84.4 Å². The molecule has 2 heterocycles. The van der Waals surface area contributed by atoms with Gasteiger partial charge in [-0.25, -0.2) is 4.79 Å². The SMILES string of the molecule is COc1ccc(N(C2CCCCC2)C2CCN(C(=O)[C@@H](Cc3ccc(Cl)cc3)NC3CCN(C(=O)O)CC3)CC2)cc1. The van der Waals surface area contributed by atoms with Crippen molar-refractivity contribution >= 4 is 29.3 Å². The highest BCUT2D eigenvalue weighted by molar-refractivity contribution is 6.30. The summed E-state index contributed by atoms with van der Waals surface area (Å²) in [7, 11) is 1.70. The first-order valence-electron chi connectivity index (χ1n) is 15.6. The molecule has 2 amide bonds. The van der Waals surface area contributed by atoms with E-state index < -0.39 is 6.09 Å². The summed E-state index contributed by atoms with van der Waals surface area (Å²) in [6, 6.07) is 16.9. The fraction of sp³-hybridized carbons (Fsp3) is 0.576. The summed E-state index contributed by atoms with van der Waals surface area (Å²) >= 11 is 6.13. The smallest absolute Gasteiger partial charge is 0.407 e. The number of rotatable bonds is 9. The molecular formula is C33H45ClN4O4. The first-order valence-corrected chi connectivity index (χ1v) is 16.0. The zero-order chi connectivity index (χ0) is 29.5. The highest BCUT2D eigenvalue weighted by Gasteiger charge is 2.35. The predicted molar refractivity (Wildman–Crippen MR) is 167 cm³/mol. The van der Waals surface area contributed by atoms with Crippen LogP contribution in [0.3, 0.4) is 0 Å². The van der Waals surface area contributed by atoms with Crippen LogP contribution in [0.4, 0.5) is 10.5 Å². The Morgan fingerprint density at radius 3 is 2.07 bits per heavy atom. The van der Waals surface area contributed by atoms with Gasteiger partial charge in [-0.1, -0.05) is 43.0 Å². The Balaban J connectivity index is 1.26. The molecule has 2 aliphatic heterocycles. The zero-order valence-corrected chi connectivity index (χ0v) is 25.5. The summed E-state index contributed by atoms with van der Waals surface area (Å²) in [6.07, 6.45) is 9.31. The fourth-order valence-corrected chi connectivity index (χ4v) is 7.14. The lowest BCUT2D eigenvalue weighted by molar-refractivity contribution is -0.134. The van der Waals surface area contributed by atoms with E-state index >= 15 is 0 Å². The van der Waals surface area contributed by atoms with Crippen LogP contribution in [0.5, 0.6) is 5.75 Å². The Morgan fingerprint density at radius 2 is 1.48 bits per heavy atom. The van der Waals surface area contributed by atoms with Gasteiger partial charge in [0.05, 0.1) is 13.2 Å². The van der Waals surface area contributed by atoms with Crippen molar-refractivity contribution in [2.24, 2.45) is 0 Å². The van der Waals surface area contributed by atoms with Crippen molar-refractivity contribution in [2.75, 3.05) is 38.2 Å². The number of methoxy groups -OCH3 is 1. The number of ether oxygens (including phenoxy) is 1. The molecule has 1 atom stereocenters. The van der Waals surface area contributed by atoms with Crippen LogP contribution < -0.4 is 15.0 Å². The maximum atomic E-state index is 14.0. The van der Waals surface area contributed by atoms with E-state index in [1.165, 1.54) is 42.7 Å². The fourth-order valence-electron chi connectivity index (χ4n) is 7.01. The van der Waals surface area contributed by atoms with Gasteiger partial charge >= 0.3 is 6.09 Å². The van der Waals surface area contributed by atoms with Crippen molar-refractivity contribution < 1.29 is 19.4 Å². The highest BCUT2D eigenvalue weighted by atomic mass is 35.5. The van der Waals surface area contributed by atoms with E-state index in [4.69, 9.17) is 16.3 Å². The molecule has 0 radical (unpaired) electrons. The van der Waals surface area contributed by atoms with Crippen LogP contribution in [0.2, 0.25) is 5.02 Å². The van der Waals surface area contributed by atoms with Gasteiger partial charge in [-0.2, -0.15) is 0 Å². The molecule has 2 N–H and O–H groups in total. The molecule has 2 saturated heterocycles. The van der Waals surface area contributed by atoms with E-state index in [2.05, 4.69) is 34.5 Å². The van der Waals surface area contributed by atoms with Gasteiger partial charge in [-0.3, -0.25) is 4.79 Å². The lowest BCUT2D eigenvalue weighted by Crippen LogP contribution is -2.57. The summed E-state index contributed by atoms with van der Waals surface area (Å²) in [5, 5.41) is 13.7. The van der Waals surface area contributed by atoms with Gasteiger partial charge in [-0.05, 0) is 86.9 Å². The van der Waals surface area contributed by atoms with Crippen LogP contribution >= 0.6 is 11.6 Å². The number of carbonyl (C=O) groups excluding carboxylic acids is 1. The maximum Gasteiger partial charge on any atom is 0.407 e. The van der Waals surface area contributed by atoms with Crippen LogP contribution in [0.15, 0.2) is 48.5 Å². The zero-order valence-electron chi connectivity index (χ0n) is 24.7. The summed E-state index contributed by atoms with van der Waals surface area (Å²) < 4.78 is 5.42. The van der Waals surface area contributed by atoms with Crippen molar-refractivity contribution in [2.45, 2.75) is 88.4 Å². The number of likely N-dealkylation sites (tertiary alicyclic amines) is 2. The molecule has 2 aromatic carbocycles. The number of carbonyl (C=O) groups is 2. The first kappa shape index (κ1) is 30.5. The van der Waals surface area contributed by atoms with Crippen LogP contribution in [-0.2, 0) is 11.2 Å². The van der Waals surface area contributed by atoms with Crippen LogP contribution in [0, 0.1) is 0 Å². The Bertz CT molecular complexity index is 1160. The molecule has 0 bridgehead atoms. The minimum atomic E-state index is -0.873. The van der Waals surface area contributed by atoms with Gasteiger partial charge in [-0.15, -0.1) is 0 Å². The number of nitrogens with zero attached hydrogens (tertiary/aromatic N) is 3. The molecule has 42 heavy (non-hydrogen) atoms. The van der Waals surface area contributed by atoms with Gasteiger partial charge in [0.15, 0.2) is 0 Å². The predicted octanol–water partition coefficient (Wildman–Crippen LogP) is 5.82. The normalized spacial score (nSPS) is 19.9. The number of benzene rings is 2. The molecule has 1 aliphatic carbocycles. The Hall–Kier alpha value is -2.97. The van der Waals surface area contributed by atoms with Gasteiger partial charge in [0.1, 0.15) is 5.75 Å². The lowest BCUT2D eigenvalue weighted by Gasteiger charge is -2.45. The molecule has 1 saturated carbocycles. The van der Waals surface area contributed by atoms with E-state index in [0.29, 0.717) is 49.5 Å². The van der Waals surface area contributed by atoms with E-state index in [1.54, 1.807) is 7.11 Å².